The normalized spacial score (nSPS) is 28.5. The summed E-state index contributed by atoms with van der Waals surface area (Å²) in [7, 11) is 0. The minimum atomic E-state index is -0.670. The second-order valence-corrected chi connectivity index (χ2v) is 4.32. The number of carbonyl (C=O) groups is 1. The second-order valence-electron chi connectivity index (χ2n) is 3.24. The molecule has 2 unspecified atom stereocenters. The molecule has 1 aliphatic carbocycles. The first-order valence-electron chi connectivity index (χ1n) is 4.29. The molecule has 0 bridgehead atoms. The Morgan fingerprint density at radius 2 is 2.46 bits per heavy atom. The predicted octanol–water partition coefficient (Wildman–Crippen LogP) is 1.92. The number of primary amides is 1. The molecule has 0 aromatic carbocycles. The third-order valence-electron chi connectivity index (χ3n) is 2.26. The zero-order chi connectivity index (χ0) is 9.84. The highest BCUT2D eigenvalue weighted by molar-refractivity contribution is 7.99. The van der Waals surface area contributed by atoms with E-state index in [1.807, 2.05) is 6.26 Å². The van der Waals surface area contributed by atoms with Crippen molar-refractivity contribution in [2.45, 2.75) is 30.6 Å². The lowest BCUT2D eigenvalue weighted by Crippen LogP contribution is -2.34. The number of allylic oxidation sites excluding steroid dienone is 1. The average Bonchev–Trinajstić information content (AvgIpc) is 2.07. The van der Waals surface area contributed by atoms with Gasteiger partial charge in [-0.1, -0.05) is 12.2 Å². The van der Waals surface area contributed by atoms with Gasteiger partial charge in [0.25, 0.3) is 0 Å². The third kappa shape index (κ3) is 2.95. The van der Waals surface area contributed by atoms with Crippen LogP contribution in [-0.2, 0) is 4.74 Å². The molecule has 0 aromatic rings. The summed E-state index contributed by atoms with van der Waals surface area (Å²) in [5.41, 5.74) is 6.22. The van der Waals surface area contributed by atoms with Crippen molar-refractivity contribution in [2.24, 2.45) is 5.73 Å². The van der Waals surface area contributed by atoms with Gasteiger partial charge in [-0.2, -0.15) is 11.8 Å². The maximum absolute atomic E-state index is 10.6. The van der Waals surface area contributed by atoms with Gasteiger partial charge in [-0.25, -0.2) is 4.79 Å². The lowest BCUT2D eigenvalue weighted by molar-refractivity contribution is 0.0938. The first-order chi connectivity index (χ1) is 6.13. The molecule has 1 aliphatic rings. The van der Waals surface area contributed by atoms with Gasteiger partial charge in [-0.05, 0) is 25.5 Å². The SMILES string of the molecule is C=C1CCC(OC(N)=O)C(SC)C1. The number of rotatable bonds is 2. The van der Waals surface area contributed by atoms with E-state index in [4.69, 9.17) is 10.5 Å². The largest absolute Gasteiger partial charge is 0.445 e. The average molecular weight is 201 g/mol. The quantitative estimate of drug-likeness (QED) is 0.694. The summed E-state index contributed by atoms with van der Waals surface area (Å²) in [5.74, 6) is 0. The summed E-state index contributed by atoms with van der Waals surface area (Å²) in [5, 5.41) is 0.328. The van der Waals surface area contributed by atoms with Gasteiger partial charge in [0.2, 0.25) is 0 Å². The van der Waals surface area contributed by atoms with Gasteiger partial charge in [0.15, 0.2) is 0 Å². The highest BCUT2D eigenvalue weighted by atomic mass is 32.2. The van der Waals surface area contributed by atoms with Gasteiger partial charge < -0.3 is 10.5 Å². The molecule has 0 heterocycles. The Morgan fingerprint density at radius 1 is 1.77 bits per heavy atom. The van der Waals surface area contributed by atoms with Crippen LogP contribution in [0.15, 0.2) is 12.2 Å². The number of hydrogen-bond donors (Lipinski definition) is 1. The van der Waals surface area contributed by atoms with Crippen molar-refractivity contribution in [3.63, 3.8) is 0 Å². The maximum atomic E-state index is 10.6. The Hall–Kier alpha value is -0.640. The number of thioether (sulfide) groups is 1. The summed E-state index contributed by atoms with van der Waals surface area (Å²) in [6, 6.07) is 0. The van der Waals surface area contributed by atoms with Crippen LogP contribution >= 0.6 is 11.8 Å². The van der Waals surface area contributed by atoms with Gasteiger partial charge in [-0.3, -0.25) is 0 Å². The van der Waals surface area contributed by atoms with Gasteiger partial charge in [0.1, 0.15) is 6.10 Å². The molecule has 3 nitrogen and oxygen atoms in total. The minimum absolute atomic E-state index is 0.0296. The van der Waals surface area contributed by atoms with Crippen LogP contribution in [0, 0.1) is 0 Å². The van der Waals surface area contributed by atoms with Crippen LogP contribution < -0.4 is 5.73 Å². The molecule has 4 heteroatoms. The van der Waals surface area contributed by atoms with Crippen LogP contribution in [0.25, 0.3) is 0 Å². The molecule has 0 spiro atoms. The summed E-state index contributed by atoms with van der Waals surface area (Å²) >= 11 is 1.71. The second kappa shape index (κ2) is 4.56. The van der Waals surface area contributed by atoms with Crippen LogP contribution in [0.4, 0.5) is 4.79 Å². The molecule has 13 heavy (non-hydrogen) atoms. The first-order valence-corrected chi connectivity index (χ1v) is 5.57. The first kappa shape index (κ1) is 10.4. The molecular formula is C9H15NO2S. The Balaban J connectivity index is 2.52. The van der Waals surface area contributed by atoms with E-state index in [2.05, 4.69) is 6.58 Å². The van der Waals surface area contributed by atoms with E-state index in [9.17, 15) is 4.79 Å². The van der Waals surface area contributed by atoms with E-state index >= 15 is 0 Å². The highest BCUT2D eigenvalue weighted by Gasteiger charge is 2.28. The van der Waals surface area contributed by atoms with Crippen molar-refractivity contribution in [3.05, 3.63) is 12.2 Å². The number of carbonyl (C=O) groups excluding carboxylic acids is 1. The van der Waals surface area contributed by atoms with E-state index in [1.165, 1.54) is 5.57 Å². The van der Waals surface area contributed by atoms with Crippen molar-refractivity contribution >= 4 is 17.9 Å². The fraction of sp³-hybridized carbons (Fsp3) is 0.667. The Morgan fingerprint density at radius 3 is 3.00 bits per heavy atom. The molecule has 0 radical (unpaired) electrons. The van der Waals surface area contributed by atoms with Crippen LogP contribution in [0.3, 0.4) is 0 Å². The smallest absolute Gasteiger partial charge is 0.404 e. The standard InChI is InChI=1S/C9H15NO2S/c1-6-3-4-7(12-9(10)11)8(5-6)13-2/h7-8H,1,3-5H2,2H3,(H2,10,11). The highest BCUT2D eigenvalue weighted by Crippen LogP contribution is 2.31. The zero-order valence-electron chi connectivity index (χ0n) is 7.79. The fourth-order valence-electron chi connectivity index (χ4n) is 1.57. The number of amides is 1. The molecule has 2 N–H and O–H groups in total. The Kier molecular flexibility index (Phi) is 3.66. The number of nitrogens with two attached hydrogens (primary N) is 1. The van der Waals surface area contributed by atoms with Crippen molar-refractivity contribution < 1.29 is 9.53 Å². The molecule has 1 fully saturated rings. The van der Waals surface area contributed by atoms with E-state index in [-0.39, 0.29) is 6.10 Å². The van der Waals surface area contributed by atoms with Crippen LogP contribution in [-0.4, -0.2) is 23.7 Å². The summed E-state index contributed by atoms with van der Waals surface area (Å²) in [6.07, 6.45) is 4.04. The van der Waals surface area contributed by atoms with Gasteiger partial charge in [0.05, 0.1) is 0 Å². The molecule has 0 saturated heterocycles. The van der Waals surface area contributed by atoms with E-state index in [0.717, 1.165) is 19.3 Å². The van der Waals surface area contributed by atoms with Gasteiger partial charge in [-0.15, -0.1) is 0 Å². The van der Waals surface area contributed by atoms with Gasteiger partial charge in [0, 0.05) is 5.25 Å². The van der Waals surface area contributed by atoms with Crippen molar-refractivity contribution in [1.29, 1.82) is 0 Å². The van der Waals surface area contributed by atoms with Gasteiger partial charge >= 0.3 is 6.09 Å². The number of ether oxygens (including phenoxy) is 1. The van der Waals surface area contributed by atoms with Crippen molar-refractivity contribution in [2.75, 3.05) is 6.26 Å². The van der Waals surface area contributed by atoms with E-state index in [1.54, 1.807) is 11.8 Å². The van der Waals surface area contributed by atoms with Crippen LogP contribution in [0.2, 0.25) is 0 Å². The Bertz CT molecular complexity index is 218. The monoisotopic (exact) mass is 201 g/mol. The molecule has 0 aromatic heterocycles. The molecule has 0 aliphatic heterocycles. The predicted molar refractivity (Wildman–Crippen MR) is 54.8 cm³/mol. The fourth-order valence-corrected chi connectivity index (χ4v) is 2.47. The molecule has 74 valence electrons. The van der Waals surface area contributed by atoms with E-state index < -0.39 is 6.09 Å². The van der Waals surface area contributed by atoms with E-state index in [0.29, 0.717) is 5.25 Å². The molecule has 2 atom stereocenters. The lowest BCUT2D eigenvalue weighted by Gasteiger charge is -2.30. The molecular weight excluding hydrogens is 186 g/mol. The summed E-state index contributed by atoms with van der Waals surface area (Å²) in [4.78, 5) is 10.6. The van der Waals surface area contributed by atoms with Crippen molar-refractivity contribution in [3.8, 4) is 0 Å². The van der Waals surface area contributed by atoms with Crippen molar-refractivity contribution in [1.82, 2.24) is 0 Å². The lowest BCUT2D eigenvalue weighted by atomic mass is 9.93. The zero-order valence-corrected chi connectivity index (χ0v) is 8.60. The minimum Gasteiger partial charge on any atom is -0.445 e. The summed E-state index contributed by atoms with van der Waals surface area (Å²) in [6.45, 7) is 3.94. The molecule has 1 saturated carbocycles. The van der Waals surface area contributed by atoms with Crippen LogP contribution in [0.5, 0.6) is 0 Å². The topological polar surface area (TPSA) is 52.3 Å². The number of hydrogen-bond acceptors (Lipinski definition) is 3. The maximum Gasteiger partial charge on any atom is 0.404 e. The summed E-state index contributed by atoms with van der Waals surface area (Å²) < 4.78 is 5.02. The molecule has 1 rings (SSSR count). The molecule has 1 amide bonds. The van der Waals surface area contributed by atoms with Crippen LogP contribution in [0.1, 0.15) is 19.3 Å². The Labute approximate surface area is 82.7 Å². The third-order valence-corrected chi connectivity index (χ3v) is 3.33.